The first kappa shape index (κ1) is 14.5. The van der Waals surface area contributed by atoms with Crippen molar-refractivity contribution in [2.24, 2.45) is 0 Å². The number of hydrogen-bond acceptors (Lipinski definition) is 4. The summed E-state index contributed by atoms with van der Waals surface area (Å²) in [6.45, 7) is 0.673. The zero-order valence-electron chi connectivity index (χ0n) is 11.0. The lowest BCUT2D eigenvalue weighted by Crippen LogP contribution is -2.21. The molecule has 1 aliphatic heterocycles. The normalized spacial score (nSPS) is 14.0. The van der Waals surface area contributed by atoms with E-state index in [2.05, 4.69) is 38.2 Å². The molecule has 0 atom stereocenters. The monoisotopic (exact) mass is 413 g/mol. The van der Waals surface area contributed by atoms with Crippen molar-refractivity contribution in [2.45, 2.75) is 12.8 Å². The summed E-state index contributed by atoms with van der Waals surface area (Å²) in [6.07, 6.45) is 1.62. The summed E-state index contributed by atoms with van der Waals surface area (Å²) < 4.78 is 0.995. The number of hydrogen-bond donors (Lipinski definition) is 2. The van der Waals surface area contributed by atoms with Crippen molar-refractivity contribution < 1.29 is 9.59 Å². The molecule has 5 nitrogen and oxygen atoms in total. The van der Waals surface area contributed by atoms with Crippen LogP contribution >= 0.6 is 33.9 Å². The molecule has 0 radical (unpaired) electrons. The molecule has 2 heterocycles. The lowest BCUT2D eigenvalue weighted by Gasteiger charge is -2.02. The van der Waals surface area contributed by atoms with Gasteiger partial charge in [-0.15, -0.1) is 0 Å². The molecule has 2 aromatic rings. The first-order valence-electron chi connectivity index (χ1n) is 6.48. The largest absolute Gasteiger partial charge is 0.351 e. The van der Waals surface area contributed by atoms with E-state index in [1.165, 1.54) is 11.3 Å². The average molecular weight is 413 g/mol. The van der Waals surface area contributed by atoms with Gasteiger partial charge in [0.2, 0.25) is 0 Å². The topological polar surface area (TPSA) is 71.1 Å². The van der Waals surface area contributed by atoms with Crippen molar-refractivity contribution >= 4 is 50.9 Å². The van der Waals surface area contributed by atoms with E-state index in [-0.39, 0.29) is 11.8 Å². The standard InChI is InChI=1S/C14H12IN3O2S/c15-9-4-1-3-8(7-9)12(19)18-14-17-10-5-2-6-16-13(20)11(10)21-14/h1,3-4,7H,2,5-6H2,(H,16,20)(H,17,18,19). The van der Waals surface area contributed by atoms with Crippen molar-refractivity contribution in [3.05, 3.63) is 44.0 Å². The van der Waals surface area contributed by atoms with Gasteiger partial charge in [0.25, 0.3) is 11.8 Å². The first-order chi connectivity index (χ1) is 10.1. The Bertz CT molecular complexity index is 714. The van der Waals surface area contributed by atoms with Gasteiger partial charge in [0.1, 0.15) is 4.88 Å². The van der Waals surface area contributed by atoms with Gasteiger partial charge in [-0.2, -0.15) is 0 Å². The molecule has 1 aromatic heterocycles. The van der Waals surface area contributed by atoms with Gasteiger partial charge in [0.05, 0.1) is 5.69 Å². The first-order valence-corrected chi connectivity index (χ1v) is 8.38. The molecule has 0 unspecified atom stereocenters. The van der Waals surface area contributed by atoms with Crippen LogP contribution in [0.5, 0.6) is 0 Å². The summed E-state index contributed by atoms with van der Waals surface area (Å²) in [5, 5.41) is 6.07. The van der Waals surface area contributed by atoms with Crippen LogP contribution in [0.25, 0.3) is 0 Å². The second-order valence-electron chi connectivity index (χ2n) is 4.62. The molecular weight excluding hydrogens is 401 g/mol. The average Bonchev–Trinajstić information content (AvgIpc) is 2.78. The van der Waals surface area contributed by atoms with E-state index in [9.17, 15) is 9.59 Å². The van der Waals surface area contributed by atoms with Gasteiger partial charge < -0.3 is 5.32 Å². The van der Waals surface area contributed by atoms with Crippen LogP contribution < -0.4 is 10.6 Å². The van der Waals surface area contributed by atoms with E-state index >= 15 is 0 Å². The molecule has 21 heavy (non-hydrogen) atoms. The zero-order chi connectivity index (χ0) is 14.8. The summed E-state index contributed by atoms with van der Waals surface area (Å²) >= 11 is 3.39. The Hall–Kier alpha value is -1.48. The maximum atomic E-state index is 12.2. The highest BCUT2D eigenvalue weighted by atomic mass is 127. The van der Waals surface area contributed by atoms with Gasteiger partial charge in [-0.1, -0.05) is 17.4 Å². The molecule has 0 saturated carbocycles. The minimum absolute atomic E-state index is 0.102. The van der Waals surface area contributed by atoms with E-state index in [0.29, 0.717) is 22.1 Å². The third-order valence-electron chi connectivity index (χ3n) is 3.09. The van der Waals surface area contributed by atoms with Crippen molar-refractivity contribution in [3.8, 4) is 0 Å². The third-order valence-corrected chi connectivity index (χ3v) is 4.77. The molecule has 3 rings (SSSR count). The van der Waals surface area contributed by atoms with E-state index < -0.39 is 0 Å². The van der Waals surface area contributed by atoms with Gasteiger partial charge in [-0.05, 0) is 53.6 Å². The number of amides is 2. The highest BCUT2D eigenvalue weighted by molar-refractivity contribution is 14.1. The molecule has 108 valence electrons. The number of aromatic nitrogens is 1. The molecular formula is C14H12IN3O2S. The minimum atomic E-state index is -0.210. The molecule has 7 heteroatoms. The van der Waals surface area contributed by atoms with Crippen LogP contribution in [-0.4, -0.2) is 23.3 Å². The van der Waals surface area contributed by atoms with Gasteiger partial charge in [0, 0.05) is 15.7 Å². The Morgan fingerprint density at radius 2 is 2.29 bits per heavy atom. The summed E-state index contributed by atoms with van der Waals surface area (Å²) in [5.74, 6) is -0.312. The SMILES string of the molecule is O=C(Nc1nc2c(s1)C(=O)NCCC2)c1cccc(I)c1. The quantitative estimate of drug-likeness (QED) is 0.744. The molecule has 1 aromatic carbocycles. The maximum absolute atomic E-state index is 12.2. The van der Waals surface area contributed by atoms with Crippen molar-refractivity contribution in [2.75, 3.05) is 11.9 Å². The van der Waals surface area contributed by atoms with Crippen LogP contribution in [0.3, 0.4) is 0 Å². The highest BCUT2D eigenvalue weighted by Crippen LogP contribution is 2.26. The van der Waals surface area contributed by atoms with Crippen LogP contribution in [0.4, 0.5) is 5.13 Å². The Balaban J connectivity index is 1.81. The molecule has 0 saturated heterocycles. The molecule has 2 amide bonds. The summed E-state index contributed by atoms with van der Waals surface area (Å²) in [5.41, 5.74) is 1.35. The highest BCUT2D eigenvalue weighted by Gasteiger charge is 2.21. The van der Waals surface area contributed by atoms with Gasteiger partial charge >= 0.3 is 0 Å². The minimum Gasteiger partial charge on any atom is -0.351 e. The lowest BCUT2D eigenvalue weighted by atomic mass is 10.2. The Kier molecular flexibility index (Phi) is 4.20. The van der Waals surface area contributed by atoms with Crippen molar-refractivity contribution in [1.29, 1.82) is 0 Å². The lowest BCUT2D eigenvalue weighted by molar-refractivity contribution is 0.0958. The maximum Gasteiger partial charge on any atom is 0.263 e. The number of benzene rings is 1. The number of aryl methyl sites for hydroxylation is 1. The van der Waals surface area contributed by atoms with Crippen LogP contribution in [0, 0.1) is 3.57 Å². The fourth-order valence-corrected chi connectivity index (χ4v) is 3.56. The number of carbonyl (C=O) groups is 2. The summed E-state index contributed by atoms with van der Waals surface area (Å²) in [4.78, 5) is 29.0. The Labute approximate surface area is 139 Å². The second kappa shape index (κ2) is 6.10. The molecule has 1 aliphatic rings. The number of halogens is 1. The van der Waals surface area contributed by atoms with Gasteiger partial charge in [-0.25, -0.2) is 4.98 Å². The number of fused-ring (bicyclic) bond motifs is 1. The molecule has 0 aliphatic carbocycles. The van der Waals surface area contributed by atoms with Gasteiger partial charge in [0.15, 0.2) is 5.13 Å². The number of rotatable bonds is 2. The predicted octanol–water partition coefficient (Wildman–Crippen LogP) is 2.68. The molecule has 0 bridgehead atoms. The van der Waals surface area contributed by atoms with Crippen LogP contribution in [0.2, 0.25) is 0 Å². The van der Waals surface area contributed by atoms with E-state index in [4.69, 9.17) is 0 Å². The number of nitrogens with one attached hydrogen (secondary N) is 2. The molecule has 0 fully saturated rings. The summed E-state index contributed by atoms with van der Waals surface area (Å²) in [7, 11) is 0. The fourth-order valence-electron chi connectivity index (χ4n) is 2.09. The second-order valence-corrected chi connectivity index (χ2v) is 6.86. The summed E-state index contributed by atoms with van der Waals surface area (Å²) in [6, 6.07) is 7.32. The third kappa shape index (κ3) is 3.24. The van der Waals surface area contributed by atoms with E-state index in [0.717, 1.165) is 22.1 Å². The molecule has 2 N–H and O–H groups in total. The van der Waals surface area contributed by atoms with E-state index in [1.807, 2.05) is 12.1 Å². The van der Waals surface area contributed by atoms with Crippen LogP contribution in [-0.2, 0) is 6.42 Å². The zero-order valence-corrected chi connectivity index (χ0v) is 14.0. The number of anilines is 1. The number of carbonyl (C=O) groups excluding carboxylic acids is 2. The molecule has 0 spiro atoms. The Morgan fingerprint density at radius 1 is 1.43 bits per heavy atom. The van der Waals surface area contributed by atoms with Gasteiger partial charge in [-0.3, -0.25) is 14.9 Å². The number of thiazole rings is 1. The van der Waals surface area contributed by atoms with Crippen molar-refractivity contribution in [1.82, 2.24) is 10.3 Å². The smallest absolute Gasteiger partial charge is 0.263 e. The van der Waals surface area contributed by atoms with E-state index in [1.54, 1.807) is 12.1 Å². The van der Waals surface area contributed by atoms with Crippen LogP contribution in [0.15, 0.2) is 24.3 Å². The number of nitrogens with zero attached hydrogens (tertiary/aromatic N) is 1. The van der Waals surface area contributed by atoms with Crippen LogP contribution in [0.1, 0.15) is 32.1 Å². The Morgan fingerprint density at radius 3 is 3.10 bits per heavy atom. The van der Waals surface area contributed by atoms with Crippen molar-refractivity contribution in [3.63, 3.8) is 0 Å². The fraction of sp³-hybridized carbons (Fsp3) is 0.214. The predicted molar refractivity (Wildman–Crippen MR) is 89.9 cm³/mol.